The van der Waals surface area contributed by atoms with Crippen molar-refractivity contribution in [2.24, 2.45) is 4.99 Å². The van der Waals surface area contributed by atoms with E-state index in [-0.39, 0.29) is 11.7 Å². The van der Waals surface area contributed by atoms with Gasteiger partial charge < -0.3 is 15.2 Å². The number of thioether (sulfide) groups is 1. The molecule has 138 valence electrons. The smallest absolute Gasteiger partial charge is 0.341 e. The van der Waals surface area contributed by atoms with Crippen molar-refractivity contribution in [2.75, 3.05) is 6.61 Å². The second-order valence-corrected chi connectivity index (χ2v) is 7.22. The molecule has 0 atom stereocenters. The number of halogens is 2. The summed E-state index contributed by atoms with van der Waals surface area (Å²) in [5.74, 6) is -1.33. The molecule has 2 aromatic carbocycles. The molecule has 1 fully saturated rings. The third-order valence-electron chi connectivity index (χ3n) is 3.31. The lowest BCUT2D eigenvalue weighted by Crippen LogP contribution is -2.19. The van der Waals surface area contributed by atoms with Gasteiger partial charge in [0.1, 0.15) is 11.6 Å². The Hall–Kier alpha value is -2.65. The average Bonchev–Trinajstić information content (AvgIpc) is 2.95. The van der Waals surface area contributed by atoms with Crippen molar-refractivity contribution >= 4 is 56.5 Å². The fourth-order valence-electron chi connectivity index (χ4n) is 2.13. The highest BCUT2D eigenvalue weighted by Crippen LogP contribution is 2.31. The molecule has 0 aliphatic carbocycles. The van der Waals surface area contributed by atoms with Crippen LogP contribution in [-0.4, -0.2) is 28.8 Å². The molecule has 1 aliphatic heterocycles. The van der Waals surface area contributed by atoms with Gasteiger partial charge in [0.15, 0.2) is 11.8 Å². The molecule has 0 radical (unpaired) electrons. The number of rotatable bonds is 5. The highest BCUT2D eigenvalue weighted by molar-refractivity contribution is 9.10. The number of nitrogens with one attached hydrogen (secondary N) is 1. The second kappa shape index (κ2) is 8.36. The fraction of sp³-hybridized carbons (Fsp3) is 0.0556. The molecule has 1 heterocycles. The summed E-state index contributed by atoms with van der Waals surface area (Å²) >= 11 is 4.48. The Labute approximate surface area is 166 Å². The Kier molecular flexibility index (Phi) is 5.92. The van der Waals surface area contributed by atoms with Crippen LogP contribution in [0.1, 0.15) is 5.56 Å². The van der Waals surface area contributed by atoms with Crippen LogP contribution in [0.4, 0.5) is 10.1 Å². The number of hydrogen-bond acceptors (Lipinski definition) is 5. The van der Waals surface area contributed by atoms with Gasteiger partial charge in [0.2, 0.25) is 0 Å². The Bertz CT molecular complexity index is 960. The predicted molar refractivity (Wildman–Crippen MR) is 104 cm³/mol. The molecule has 27 heavy (non-hydrogen) atoms. The maximum absolute atomic E-state index is 12.9. The first kappa shape index (κ1) is 19.1. The normalized spacial score (nSPS) is 16.6. The molecule has 1 amide bonds. The Balaban J connectivity index is 1.75. The number of carboxylic acids is 1. The maximum atomic E-state index is 12.9. The van der Waals surface area contributed by atoms with E-state index in [9.17, 15) is 14.0 Å². The van der Waals surface area contributed by atoms with Crippen molar-refractivity contribution in [2.45, 2.75) is 0 Å². The van der Waals surface area contributed by atoms with E-state index in [4.69, 9.17) is 9.84 Å². The minimum atomic E-state index is -1.07. The van der Waals surface area contributed by atoms with E-state index < -0.39 is 12.6 Å². The zero-order valence-electron chi connectivity index (χ0n) is 13.6. The van der Waals surface area contributed by atoms with E-state index in [1.165, 1.54) is 36.0 Å². The molecule has 2 aromatic rings. The molecular formula is C18H12BrFN2O4S. The highest BCUT2D eigenvalue weighted by Gasteiger charge is 2.23. The van der Waals surface area contributed by atoms with Crippen LogP contribution in [0.25, 0.3) is 6.08 Å². The number of hydrogen-bond donors (Lipinski definition) is 2. The van der Waals surface area contributed by atoms with Crippen molar-refractivity contribution in [3.63, 3.8) is 0 Å². The van der Waals surface area contributed by atoms with Crippen molar-refractivity contribution < 1.29 is 23.8 Å². The van der Waals surface area contributed by atoms with Crippen molar-refractivity contribution in [3.8, 4) is 5.75 Å². The van der Waals surface area contributed by atoms with Crippen molar-refractivity contribution in [3.05, 3.63) is 63.2 Å². The molecule has 1 aliphatic rings. The van der Waals surface area contributed by atoms with Gasteiger partial charge >= 0.3 is 5.97 Å². The van der Waals surface area contributed by atoms with Crippen LogP contribution < -0.4 is 10.1 Å². The fourth-order valence-corrected chi connectivity index (χ4v) is 3.48. The van der Waals surface area contributed by atoms with E-state index in [0.29, 0.717) is 26.0 Å². The number of ether oxygens (including phenoxy) is 1. The topological polar surface area (TPSA) is 88.0 Å². The van der Waals surface area contributed by atoms with Crippen LogP contribution in [-0.2, 0) is 9.59 Å². The van der Waals surface area contributed by atoms with Crippen LogP contribution in [0, 0.1) is 5.82 Å². The van der Waals surface area contributed by atoms with E-state index in [1.54, 1.807) is 24.3 Å². The Morgan fingerprint density at radius 1 is 1.30 bits per heavy atom. The van der Waals surface area contributed by atoms with Gasteiger partial charge in [-0.1, -0.05) is 6.07 Å². The monoisotopic (exact) mass is 450 g/mol. The molecule has 0 spiro atoms. The van der Waals surface area contributed by atoms with E-state index in [1.807, 2.05) is 0 Å². The van der Waals surface area contributed by atoms with Crippen LogP contribution >= 0.6 is 27.7 Å². The highest BCUT2D eigenvalue weighted by atomic mass is 79.9. The zero-order chi connectivity index (χ0) is 19.4. The molecular weight excluding hydrogens is 439 g/mol. The first-order valence-corrected chi connectivity index (χ1v) is 9.21. The van der Waals surface area contributed by atoms with Gasteiger partial charge in [-0.25, -0.2) is 14.2 Å². The molecule has 0 aromatic heterocycles. The first-order chi connectivity index (χ1) is 12.9. The summed E-state index contributed by atoms with van der Waals surface area (Å²) in [5, 5.41) is 11.7. The van der Waals surface area contributed by atoms with Gasteiger partial charge in [-0.15, -0.1) is 0 Å². The molecule has 0 saturated carbocycles. The lowest BCUT2D eigenvalue weighted by Gasteiger charge is -2.06. The molecule has 6 nitrogen and oxygen atoms in total. The molecule has 0 bridgehead atoms. The summed E-state index contributed by atoms with van der Waals surface area (Å²) < 4.78 is 18.7. The summed E-state index contributed by atoms with van der Waals surface area (Å²) in [7, 11) is 0. The lowest BCUT2D eigenvalue weighted by molar-refractivity contribution is -0.139. The standard InChI is InChI=1S/C18H12BrFN2O4S/c19-13-7-10(1-6-14(13)26-9-16(23)24)8-15-17(25)22-18(27-15)21-12-4-2-11(20)3-5-12/h1-8H,9H2,(H,23,24)(H,21,22,25). The van der Waals surface area contributed by atoms with Crippen molar-refractivity contribution in [1.29, 1.82) is 0 Å². The van der Waals surface area contributed by atoms with E-state index in [2.05, 4.69) is 26.2 Å². The predicted octanol–water partition coefficient (Wildman–Crippen LogP) is 3.94. The molecule has 0 unspecified atom stereocenters. The van der Waals surface area contributed by atoms with Crippen LogP contribution in [0.2, 0.25) is 0 Å². The lowest BCUT2D eigenvalue weighted by atomic mass is 10.2. The van der Waals surface area contributed by atoms with Crippen LogP contribution in [0.15, 0.2) is 56.8 Å². The van der Waals surface area contributed by atoms with E-state index in [0.717, 1.165) is 5.56 Å². The average molecular weight is 451 g/mol. The van der Waals surface area contributed by atoms with Gasteiger partial charge in [0, 0.05) is 0 Å². The Morgan fingerprint density at radius 2 is 2.04 bits per heavy atom. The van der Waals surface area contributed by atoms with Gasteiger partial charge in [0.05, 0.1) is 15.1 Å². The van der Waals surface area contributed by atoms with E-state index >= 15 is 0 Å². The second-order valence-electron chi connectivity index (χ2n) is 5.33. The summed E-state index contributed by atoms with van der Waals surface area (Å²) in [4.78, 5) is 27.4. The molecule has 3 rings (SSSR count). The van der Waals surface area contributed by atoms with Crippen LogP contribution in [0.5, 0.6) is 5.75 Å². The number of aliphatic carboxylic acids is 1. The zero-order valence-corrected chi connectivity index (χ0v) is 16.0. The number of amides is 1. The number of benzene rings is 2. The van der Waals surface area contributed by atoms with Gasteiger partial charge in [0.25, 0.3) is 5.91 Å². The van der Waals surface area contributed by atoms with Gasteiger partial charge in [-0.05, 0) is 75.7 Å². The number of carboxylic acid groups (broad SMARTS) is 1. The number of nitrogens with zero attached hydrogens (tertiary/aromatic N) is 1. The summed E-state index contributed by atoms with van der Waals surface area (Å²) in [6.45, 7) is -0.444. The molecule has 2 N–H and O–H groups in total. The molecule has 9 heteroatoms. The largest absolute Gasteiger partial charge is 0.481 e. The summed E-state index contributed by atoms with van der Waals surface area (Å²) in [6.07, 6.45) is 1.68. The minimum Gasteiger partial charge on any atom is -0.481 e. The quantitative estimate of drug-likeness (QED) is 0.673. The third kappa shape index (κ3) is 5.18. The number of aliphatic imine (C=N–C) groups is 1. The first-order valence-electron chi connectivity index (χ1n) is 7.60. The number of carbonyl (C=O) groups excluding carboxylic acids is 1. The SMILES string of the molecule is O=C(O)COc1ccc(C=C2SC(=Nc3ccc(F)cc3)NC2=O)cc1Br. The van der Waals surface area contributed by atoms with Crippen molar-refractivity contribution in [1.82, 2.24) is 5.32 Å². The summed E-state index contributed by atoms with van der Waals surface area (Å²) in [5.41, 5.74) is 1.26. The minimum absolute atomic E-state index is 0.289. The third-order valence-corrected chi connectivity index (χ3v) is 4.84. The Morgan fingerprint density at radius 3 is 2.70 bits per heavy atom. The number of amidine groups is 1. The van der Waals surface area contributed by atoms with Gasteiger partial charge in [-0.3, -0.25) is 4.79 Å². The summed E-state index contributed by atoms with van der Waals surface area (Å²) in [6, 6.07) is 10.7. The molecule has 1 saturated heterocycles. The number of carbonyl (C=O) groups is 2. The van der Waals surface area contributed by atoms with Gasteiger partial charge in [-0.2, -0.15) is 0 Å². The van der Waals surface area contributed by atoms with Crippen LogP contribution in [0.3, 0.4) is 0 Å². The maximum Gasteiger partial charge on any atom is 0.341 e.